The van der Waals surface area contributed by atoms with E-state index in [2.05, 4.69) is 4.98 Å². The molecule has 3 nitrogen and oxygen atoms in total. The number of nitrogens with two attached hydrogens (primary N) is 1. The van der Waals surface area contributed by atoms with Crippen molar-refractivity contribution in [3.8, 4) is 11.6 Å². The summed E-state index contributed by atoms with van der Waals surface area (Å²) in [6.45, 7) is 0. The molecule has 1 heterocycles. The Labute approximate surface area is 111 Å². The predicted octanol–water partition coefficient (Wildman–Crippen LogP) is 4.13. The normalized spacial score (nSPS) is 11.4. The molecule has 2 aromatic rings. The lowest BCUT2D eigenvalue weighted by molar-refractivity contribution is -0.138. The first kappa shape index (κ1) is 13.5. The van der Waals surface area contributed by atoms with Crippen molar-refractivity contribution in [2.75, 3.05) is 5.73 Å². The predicted molar refractivity (Wildman–Crippen MR) is 65.2 cm³/mol. The number of benzene rings is 1. The Bertz CT molecular complexity index is 602. The number of aromatic nitrogens is 1. The van der Waals surface area contributed by atoms with Crippen LogP contribution in [0.25, 0.3) is 0 Å². The Kier molecular flexibility index (Phi) is 3.53. The van der Waals surface area contributed by atoms with Crippen LogP contribution in [-0.4, -0.2) is 4.98 Å². The highest BCUT2D eigenvalue weighted by molar-refractivity contribution is 6.33. The number of pyridine rings is 1. The van der Waals surface area contributed by atoms with E-state index in [4.69, 9.17) is 22.1 Å². The second-order valence-corrected chi connectivity index (χ2v) is 4.05. The standard InChI is InChI=1S/C12H8ClF3N2O/c13-9-6-7(3-4-10(9)17)19-11-8(12(14,15)16)2-1-5-18-11/h1-6H,17H2. The van der Waals surface area contributed by atoms with Crippen molar-refractivity contribution in [2.24, 2.45) is 0 Å². The Hall–Kier alpha value is -1.95. The van der Waals surface area contributed by atoms with Gasteiger partial charge in [0.05, 0.1) is 10.7 Å². The summed E-state index contributed by atoms with van der Waals surface area (Å²) in [5, 5.41) is 0.196. The van der Waals surface area contributed by atoms with Crippen LogP contribution in [0.3, 0.4) is 0 Å². The number of hydrogen-bond donors (Lipinski definition) is 1. The minimum Gasteiger partial charge on any atom is -0.438 e. The molecule has 19 heavy (non-hydrogen) atoms. The zero-order valence-electron chi connectivity index (χ0n) is 9.41. The van der Waals surface area contributed by atoms with Gasteiger partial charge in [-0.2, -0.15) is 13.2 Å². The quantitative estimate of drug-likeness (QED) is 0.845. The molecule has 0 amide bonds. The summed E-state index contributed by atoms with van der Waals surface area (Å²) in [5.41, 5.74) is 4.85. The fourth-order valence-corrected chi connectivity index (χ4v) is 1.54. The zero-order chi connectivity index (χ0) is 14.0. The molecule has 2 rings (SSSR count). The molecular weight excluding hydrogens is 281 g/mol. The third-order valence-electron chi connectivity index (χ3n) is 2.26. The maximum atomic E-state index is 12.7. The number of alkyl halides is 3. The Balaban J connectivity index is 2.36. The van der Waals surface area contributed by atoms with Gasteiger partial charge < -0.3 is 10.5 Å². The fraction of sp³-hybridized carbons (Fsp3) is 0.0833. The van der Waals surface area contributed by atoms with E-state index in [0.29, 0.717) is 5.69 Å². The van der Waals surface area contributed by atoms with Crippen molar-refractivity contribution in [3.05, 3.63) is 47.1 Å². The summed E-state index contributed by atoms with van der Waals surface area (Å²) in [6, 6.07) is 6.25. The zero-order valence-corrected chi connectivity index (χ0v) is 10.2. The topological polar surface area (TPSA) is 48.1 Å². The Morgan fingerprint density at radius 2 is 1.95 bits per heavy atom. The molecule has 0 saturated carbocycles. The van der Waals surface area contributed by atoms with Crippen LogP contribution in [0.15, 0.2) is 36.5 Å². The largest absolute Gasteiger partial charge is 0.438 e. The van der Waals surface area contributed by atoms with E-state index < -0.39 is 17.6 Å². The molecule has 0 fully saturated rings. The maximum Gasteiger partial charge on any atom is 0.421 e. The highest BCUT2D eigenvalue weighted by Gasteiger charge is 2.35. The number of ether oxygens (including phenoxy) is 1. The molecule has 0 bridgehead atoms. The molecular formula is C12H8ClF3N2O. The first-order chi connectivity index (χ1) is 8.88. The number of hydrogen-bond acceptors (Lipinski definition) is 3. The molecule has 0 radical (unpaired) electrons. The summed E-state index contributed by atoms with van der Waals surface area (Å²) < 4.78 is 43.3. The molecule has 0 unspecified atom stereocenters. The molecule has 0 atom stereocenters. The van der Waals surface area contributed by atoms with Crippen LogP contribution in [0, 0.1) is 0 Å². The lowest BCUT2D eigenvalue weighted by Crippen LogP contribution is -2.08. The van der Waals surface area contributed by atoms with Gasteiger partial charge in [-0.25, -0.2) is 4.98 Å². The Morgan fingerprint density at radius 1 is 1.21 bits per heavy atom. The second kappa shape index (κ2) is 4.97. The SMILES string of the molecule is Nc1ccc(Oc2ncccc2C(F)(F)F)cc1Cl. The summed E-state index contributed by atoms with van der Waals surface area (Å²) in [7, 11) is 0. The Morgan fingerprint density at radius 3 is 2.58 bits per heavy atom. The first-order valence-corrected chi connectivity index (χ1v) is 5.51. The van der Waals surface area contributed by atoms with Gasteiger partial charge in [-0.1, -0.05) is 11.6 Å². The molecule has 7 heteroatoms. The molecule has 100 valence electrons. The minimum absolute atomic E-state index is 0.128. The van der Waals surface area contributed by atoms with Crippen LogP contribution >= 0.6 is 11.6 Å². The van der Waals surface area contributed by atoms with Gasteiger partial charge in [0.1, 0.15) is 11.3 Å². The number of anilines is 1. The molecule has 0 aliphatic heterocycles. The van der Waals surface area contributed by atoms with Gasteiger partial charge in [0.15, 0.2) is 0 Å². The van der Waals surface area contributed by atoms with E-state index >= 15 is 0 Å². The van der Waals surface area contributed by atoms with Gasteiger partial charge in [0.2, 0.25) is 5.88 Å². The van der Waals surface area contributed by atoms with Gasteiger partial charge in [-0.15, -0.1) is 0 Å². The average molecular weight is 289 g/mol. The minimum atomic E-state index is -4.54. The third kappa shape index (κ3) is 3.08. The fourth-order valence-electron chi connectivity index (χ4n) is 1.37. The highest BCUT2D eigenvalue weighted by atomic mass is 35.5. The summed E-state index contributed by atoms with van der Waals surface area (Å²) in [5.74, 6) is -0.403. The summed E-state index contributed by atoms with van der Waals surface area (Å²) in [6.07, 6.45) is -3.33. The average Bonchev–Trinajstić information content (AvgIpc) is 2.33. The lowest BCUT2D eigenvalue weighted by Gasteiger charge is -2.12. The molecule has 0 aliphatic carbocycles. The second-order valence-electron chi connectivity index (χ2n) is 3.64. The van der Waals surface area contributed by atoms with E-state index in [1.165, 1.54) is 30.5 Å². The van der Waals surface area contributed by atoms with E-state index in [1.807, 2.05) is 0 Å². The molecule has 1 aromatic heterocycles. The van der Waals surface area contributed by atoms with Crippen molar-refractivity contribution in [1.29, 1.82) is 0 Å². The van der Waals surface area contributed by atoms with E-state index in [9.17, 15) is 13.2 Å². The summed E-state index contributed by atoms with van der Waals surface area (Å²) >= 11 is 5.76. The van der Waals surface area contributed by atoms with Gasteiger partial charge in [-0.05, 0) is 24.3 Å². The van der Waals surface area contributed by atoms with Gasteiger partial charge in [0, 0.05) is 12.3 Å². The van der Waals surface area contributed by atoms with Crippen molar-refractivity contribution < 1.29 is 17.9 Å². The number of nitrogens with zero attached hydrogens (tertiary/aromatic N) is 1. The number of nitrogen functional groups attached to an aromatic ring is 1. The molecule has 2 N–H and O–H groups in total. The van der Waals surface area contributed by atoms with Crippen molar-refractivity contribution in [2.45, 2.75) is 6.18 Å². The molecule has 0 spiro atoms. The molecule has 1 aromatic carbocycles. The third-order valence-corrected chi connectivity index (χ3v) is 2.59. The van der Waals surface area contributed by atoms with E-state index in [0.717, 1.165) is 6.07 Å². The summed E-state index contributed by atoms with van der Waals surface area (Å²) in [4.78, 5) is 3.58. The highest BCUT2D eigenvalue weighted by Crippen LogP contribution is 2.37. The number of rotatable bonds is 2. The van der Waals surface area contributed by atoms with E-state index in [-0.39, 0.29) is 10.8 Å². The maximum absolute atomic E-state index is 12.7. The first-order valence-electron chi connectivity index (χ1n) is 5.13. The smallest absolute Gasteiger partial charge is 0.421 e. The van der Waals surface area contributed by atoms with Crippen molar-refractivity contribution >= 4 is 17.3 Å². The van der Waals surface area contributed by atoms with Crippen LogP contribution in [0.5, 0.6) is 11.6 Å². The van der Waals surface area contributed by atoms with Gasteiger partial charge in [-0.3, -0.25) is 0 Å². The monoisotopic (exact) mass is 288 g/mol. The molecule has 0 saturated heterocycles. The van der Waals surface area contributed by atoms with Crippen LogP contribution < -0.4 is 10.5 Å². The van der Waals surface area contributed by atoms with Crippen LogP contribution in [0.4, 0.5) is 18.9 Å². The van der Waals surface area contributed by atoms with Crippen molar-refractivity contribution in [3.63, 3.8) is 0 Å². The lowest BCUT2D eigenvalue weighted by atomic mass is 10.2. The van der Waals surface area contributed by atoms with Crippen LogP contribution in [0.1, 0.15) is 5.56 Å². The van der Waals surface area contributed by atoms with Gasteiger partial charge in [0.25, 0.3) is 0 Å². The van der Waals surface area contributed by atoms with Crippen LogP contribution in [-0.2, 0) is 6.18 Å². The van der Waals surface area contributed by atoms with E-state index in [1.54, 1.807) is 0 Å². The number of halogens is 4. The van der Waals surface area contributed by atoms with Gasteiger partial charge >= 0.3 is 6.18 Å². The van der Waals surface area contributed by atoms with Crippen molar-refractivity contribution in [1.82, 2.24) is 4.98 Å². The van der Waals surface area contributed by atoms with Crippen LogP contribution in [0.2, 0.25) is 5.02 Å². The molecule has 0 aliphatic rings.